The van der Waals surface area contributed by atoms with Gasteiger partial charge in [0.1, 0.15) is 27.7 Å². The van der Waals surface area contributed by atoms with Crippen molar-refractivity contribution in [1.82, 2.24) is 35.1 Å². The first kappa shape index (κ1) is 47.6. The summed E-state index contributed by atoms with van der Waals surface area (Å²) in [6.45, 7) is 5.00. The molecule has 0 aliphatic rings. The number of benzene rings is 5. The molecule has 65 heavy (non-hydrogen) atoms. The van der Waals surface area contributed by atoms with Crippen molar-refractivity contribution < 1.29 is 45.7 Å². The van der Waals surface area contributed by atoms with Gasteiger partial charge in [-0.05, 0) is 96.8 Å². The summed E-state index contributed by atoms with van der Waals surface area (Å²) in [6, 6.07) is 28.1. The number of hydrogen-bond acceptors (Lipinski definition) is 13. The van der Waals surface area contributed by atoms with Crippen LogP contribution in [-0.2, 0) is 45.5 Å². The molecule has 0 saturated heterocycles. The van der Waals surface area contributed by atoms with Gasteiger partial charge in [0.05, 0.1) is 49.6 Å². The molecule has 0 aliphatic heterocycles. The number of para-hydroxylation sites is 1. The molecule has 1 unspecified atom stereocenters. The maximum atomic E-state index is 15.6. The molecule has 1 aromatic heterocycles. The number of nitrogens with zero attached hydrogens (tertiary/aromatic N) is 5. The minimum Gasteiger partial charge on any atom is -0.497 e. The molecule has 0 spiro atoms. The van der Waals surface area contributed by atoms with E-state index in [9.17, 15) is 18.4 Å². The number of carbonyl (C=O) groups is 2. The number of nitrogen functional groups attached to an aromatic ring is 1. The molecule has 0 bridgehead atoms. The number of anilines is 1. The van der Waals surface area contributed by atoms with Crippen LogP contribution in [0, 0.1) is 0 Å². The normalized spacial score (nSPS) is 12.1. The van der Waals surface area contributed by atoms with E-state index in [1.807, 2.05) is 0 Å². The SMILES string of the molecule is COc1ccc(CN(Cc2ccc(OC)cc2)S(=O)(=O)c2c(S(=O)O)ccc(-c3cccc(C(=O)NCCNC(=O)OC(C)(C)C)c3N)c2-c2nnn(Cc3ccc(OC)cc3)n2)cc1. The number of nitrogens with two attached hydrogens (primary N) is 1. The molecule has 342 valence electrons. The Morgan fingerprint density at radius 1 is 0.769 bits per heavy atom. The van der Waals surface area contributed by atoms with Crippen LogP contribution in [0.15, 0.2) is 113 Å². The average Bonchev–Trinajstić information content (AvgIpc) is 3.75. The van der Waals surface area contributed by atoms with E-state index in [4.69, 9.17) is 24.7 Å². The second-order valence-corrected chi connectivity index (χ2v) is 18.3. The number of carbonyl (C=O) groups excluding carboxylic acids is 2. The quantitative estimate of drug-likeness (QED) is 0.0447. The van der Waals surface area contributed by atoms with Crippen molar-refractivity contribution in [2.75, 3.05) is 40.2 Å². The standard InChI is InChI=1S/C45H50N8O10S2/c1-45(2,3)63-44(55)48-25-24-47-43(54)37-9-7-8-36(40(37)46)35-22-23-38(64(56)57)41(39(35)42-49-51-53(50-42)28-31-14-20-34(62-6)21-15-31)65(58,59)52(26-29-10-16-32(60-4)17-11-29)27-30-12-18-33(61-5)19-13-30/h7-23H,24-28,46H2,1-6H3,(H,47,54)(H,48,55)(H,56,57). The first-order valence-electron chi connectivity index (χ1n) is 20.1. The Bertz CT molecular complexity index is 2710. The second-order valence-electron chi connectivity index (χ2n) is 15.5. The molecule has 5 N–H and O–H groups in total. The van der Waals surface area contributed by atoms with Gasteiger partial charge in [0.25, 0.3) is 5.91 Å². The molecule has 6 aromatic rings. The molecule has 0 radical (unpaired) electrons. The summed E-state index contributed by atoms with van der Waals surface area (Å²) < 4.78 is 77.7. The van der Waals surface area contributed by atoms with Gasteiger partial charge < -0.3 is 39.9 Å². The van der Waals surface area contributed by atoms with Crippen molar-refractivity contribution in [2.45, 2.75) is 55.8 Å². The van der Waals surface area contributed by atoms with Crippen LogP contribution in [0.3, 0.4) is 0 Å². The lowest BCUT2D eigenvalue weighted by molar-refractivity contribution is 0.0526. The van der Waals surface area contributed by atoms with E-state index in [1.165, 1.54) is 41.5 Å². The van der Waals surface area contributed by atoms with Crippen LogP contribution in [0.5, 0.6) is 17.2 Å². The highest BCUT2D eigenvalue weighted by Crippen LogP contribution is 2.43. The fourth-order valence-corrected chi connectivity index (χ4v) is 9.33. The van der Waals surface area contributed by atoms with Gasteiger partial charge in [-0.15, -0.1) is 10.2 Å². The minimum atomic E-state index is -4.82. The molecule has 6 rings (SSSR count). The Labute approximate surface area is 379 Å². The number of amides is 2. The van der Waals surface area contributed by atoms with Crippen molar-refractivity contribution in [3.05, 3.63) is 125 Å². The zero-order chi connectivity index (χ0) is 46.9. The fraction of sp³-hybridized carbons (Fsp3) is 0.267. The molecule has 2 amide bonds. The van der Waals surface area contributed by atoms with Crippen LogP contribution >= 0.6 is 0 Å². The first-order chi connectivity index (χ1) is 31.0. The maximum absolute atomic E-state index is 15.6. The molecule has 1 atom stereocenters. The van der Waals surface area contributed by atoms with Gasteiger partial charge in [-0.25, -0.2) is 17.4 Å². The van der Waals surface area contributed by atoms with E-state index >= 15 is 8.42 Å². The molecule has 1 heterocycles. The molecule has 0 aliphatic carbocycles. The third kappa shape index (κ3) is 11.8. The molecule has 5 aromatic carbocycles. The molecular weight excluding hydrogens is 877 g/mol. The van der Waals surface area contributed by atoms with Gasteiger partial charge in [0.2, 0.25) is 15.8 Å². The van der Waals surface area contributed by atoms with Gasteiger partial charge in [-0.2, -0.15) is 9.10 Å². The first-order valence-corrected chi connectivity index (χ1v) is 22.6. The van der Waals surface area contributed by atoms with Crippen LogP contribution in [0.4, 0.5) is 10.5 Å². The predicted octanol–water partition coefficient (Wildman–Crippen LogP) is 5.89. The smallest absolute Gasteiger partial charge is 0.407 e. The van der Waals surface area contributed by atoms with Crippen LogP contribution in [0.2, 0.25) is 0 Å². The number of aromatic nitrogens is 4. The highest BCUT2D eigenvalue weighted by molar-refractivity contribution is 7.90. The Kier molecular flexibility index (Phi) is 15.2. The number of hydrogen-bond donors (Lipinski definition) is 4. The number of ether oxygens (including phenoxy) is 4. The maximum Gasteiger partial charge on any atom is 0.407 e. The molecule has 0 fully saturated rings. The third-order valence-corrected chi connectivity index (χ3v) is 12.5. The number of sulfonamides is 1. The lowest BCUT2D eigenvalue weighted by atomic mass is 9.95. The summed E-state index contributed by atoms with van der Waals surface area (Å²) in [5, 5.41) is 18.5. The lowest BCUT2D eigenvalue weighted by Crippen LogP contribution is -2.38. The number of alkyl carbamates (subject to hydrolysis) is 1. The predicted molar refractivity (Wildman–Crippen MR) is 243 cm³/mol. The van der Waals surface area contributed by atoms with Crippen molar-refractivity contribution >= 4 is 38.8 Å². The monoisotopic (exact) mass is 926 g/mol. The zero-order valence-corrected chi connectivity index (χ0v) is 38.2. The van der Waals surface area contributed by atoms with E-state index in [1.54, 1.807) is 113 Å². The fourth-order valence-electron chi connectivity index (χ4n) is 6.68. The molecule has 18 nitrogen and oxygen atoms in total. The van der Waals surface area contributed by atoms with Gasteiger partial charge in [-0.3, -0.25) is 4.79 Å². The van der Waals surface area contributed by atoms with Crippen molar-refractivity contribution in [3.63, 3.8) is 0 Å². The van der Waals surface area contributed by atoms with Crippen LogP contribution in [0.25, 0.3) is 22.5 Å². The van der Waals surface area contributed by atoms with Gasteiger partial charge in [0, 0.05) is 31.7 Å². The summed E-state index contributed by atoms with van der Waals surface area (Å²) >= 11 is -2.88. The van der Waals surface area contributed by atoms with Gasteiger partial charge in [0.15, 0.2) is 11.1 Å². The molecule has 0 saturated carbocycles. The zero-order valence-electron chi connectivity index (χ0n) is 36.6. The summed E-state index contributed by atoms with van der Waals surface area (Å²) in [6.07, 6.45) is -0.653. The summed E-state index contributed by atoms with van der Waals surface area (Å²) in [5.74, 6) is 0.943. The number of tetrazole rings is 1. The van der Waals surface area contributed by atoms with Crippen molar-refractivity contribution in [2.24, 2.45) is 0 Å². The van der Waals surface area contributed by atoms with Crippen LogP contribution in [-0.4, -0.2) is 93.7 Å². The number of rotatable bonds is 18. The van der Waals surface area contributed by atoms with Gasteiger partial charge >= 0.3 is 6.09 Å². The van der Waals surface area contributed by atoms with Crippen LogP contribution in [0.1, 0.15) is 47.8 Å². The van der Waals surface area contributed by atoms with E-state index in [0.29, 0.717) is 28.4 Å². The summed E-state index contributed by atoms with van der Waals surface area (Å²) in [4.78, 5) is 26.0. The highest BCUT2D eigenvalue weighted by Gasteiger charge is 2.36. The largest absolute Gasteiger partial charge is 0.497 e. The third-order valence-electron chi connectivity index (χ3n) is 9.82. The minimum absolute atomic E-state index is 0.0197. The highest BCUT2D eigenvalue weighted by atomic mass is 32.2. The summed E-state index contributed by atoms with van der Waals surface area (Å²) in [5.41, 5.74) is 8.09. The molecular formula is C45H50N8O10S2. The lowest BCUT2D eigenvalue weighted by Gasteiger charge is -2.26. The Morgan fingerprint density at radius 3 is 1.83 bits per heavy atom. The Balaban J connectivity index is 1.50. The number of methoxy groups -OCH3 is 3. The van der Waals surface area contributed by atoms with Gasteiger partial charge in [-0.1, -0.05) is 54.6 Å². The van der Waals surface area contributed by atoms with E-state index < -0.39 is 48.5 Å². The second kappa shape index (κ2) is 20.8. The van der Waals surface area contributed by atoms with E-state index in [2.05, 4.69) is 26.0 Å². The Morgan fingerprint density at radius 2 is 1.31 bits per heavy atom. The van der Waals surface area contributed by atoms with Crippen LogP contribution < -0.4 is 30.6 Å². The number of nitrogens with one attached hydrogen (secondary N) is 2. The molecule has 20 heteroatoms. The van der Waals surface area contributed by atoms with Crippen molar-refractivity contribution in [3.8, 4) is 39.8 Å². The van der Waals surface area contributed by atoms with Crippen molar-refractivity contribution in [1.29, 1.82) is 0 Å². The Hall–Kier alpha value is -6.87. The topological polar surface area (TPSA) is 239 Å². The average molecular weight is 927 g/mol. The van der Waals surface area contributed by atoms with E-state index in [0.717, 1.165) is 5.56 Å². The summed E-state index contributed by atoms with van der Waals surface area (Å²) in [7, 11) is -0.239. The van der Waals surface area contributed by atoms with E-state index in [-0.39, 0.29) is 66.5 Å².